The zero-order chi connectivity index (χ0) is 22.5. The topological polar surface area (TPSA) is 83.4 Å². The summed E-state index contributed by atoms with van der Waals surface area (Å²) < 4.78 is 10.8. The second-order valence-corrected chi connectivity index (χ2v) is 10.5. The highest BCUT2D eigenvalue weighted by atomic mass is 32.2. The van der Waals surface area contributed by atoms with E-state index in [-0.39, 0.29) is 35.1 Å². The van der Waals surface area contributed by atoms with Crippen LogP contribution in [-0.4, -0.2) is 43.3 Å². The van der Waals surface area contributed by atoms with Gasteiger partial charge in [-0.2, -0.15) is 5.26 Å². The number of nitriles is 1. The van der Waals surface area contributed by atoms with E-state index >= 15 is 0 Å². The van der Waals surface area contributed by atoms with Crippen molar-refractivity contribution in [3.63, 3.8) is 0 Å². The minimum atomic E-state index is -0.271. The van der Waals surface area contributed by atoms with Gasteiger partial charge in [-0.25, -0.2) is 0 Å². The molecule has 7 heteroatoms. The second kappa shape index (κ2) is 10.8. The molecule has 6 atom stereocenters. The van der Waals surface area contributed by atoms with E-state index in [4.69, 9.17) is 9.47 Å². The molecule has 6 unspecified atom stereocenters. The monoisotopic (exact) mass is 457 g/mol. The highest BCUT2D eigenvalue weighted by molar-refractivity contribution is 8.00. The van der Waals surface area contributed by atoms with E-state index in [0.29, 0.717) is 17.5 Å². The molecule has 3 aliphatic rings. The molecule has 3 fully saturated rings. The van der Waals surface area contributed by atoms with Crippen molar-refractivity contribution < 1.29 is 14.3 Å². The number of hydrogen-bond donors (Lipinski definition) is 2. The Morgan fingerprint density at radius 2 is 1.88 bits per heavy atom. The molecule has 3 aliphatic heterocycles. The first-order valence-electron chi connectivity index (χ1n) is 11.9. The Morgan fingerprint density at radius 3 is 2.62 bits per heavy atom. The molecule has 4 rings (SSSR count). The van der Waals surface area contributed by atoms with Crippen LogP contribution in [0.5, 0.6) is 11.5 Å². The molecular formula is C25H35N3O3S. The zero-order valence-electron chi connectivity index (χ0n) is 19.1. The van der Waals surface area contributed by atoms with Crippen molar-refractivity contribution in [2.24, 2.45) is 11.8 Å². The molecule has 32 heavy (non-hydrogen) atoms. The summed E-state index contributed by atoms with van der Waals surface area (Å²) in [6, 6.07) is 9.16. The molecule has 0 aromatic heterocycles. The van der Waals surface area contributed by atoms with Gasteiger partial charge in [0.15, 0.2) is 11.5 Å². The number of amides is 1. The zero-order valence-corrected chi connectivity index (χ0v) is 20.0. The van der Waals surface area contributed by atoms with Crippen LogP contribution in [0.25, 0.3) is 0 Å². The number of rotatable bonds is 5. The summed E-state index contributed by atoms with van der Waals surface area (Å²) in [4.78, 5) is 13.3. The molecule has 6 nitrogen and oxygen atoms in total. The number of carbonyl (C=O) groups excluding carboxylic acids is 1. The summed E-state index contributed by atoms with van der Waals surface area (Å²) in [6.07, 6.45) is 9.37. The van der Waals surface area contributed by atoms with Crippen molar-refractivity contribution in [1.29, 1.82) is 5.26 Å². The molecule has 3 saturated heterocycles. The molecule has 2 bridgehead atoms. The Labute approximate surface area is 195 Å². The van der Waals surface area contributed by atoms with Gasteiger partial charge in [0.05, 0.1) is 37.5 Å². The Kier molecular flexibility index (Phi) is 7.85. The van der Waals surface area contributed by atoms with E-state index < -0.39 is 0 Å². The van der Waals surface area contributed by atoms with Crippen molar-refractivity contribution in [2.45, 2.75) is 74.7 Å². The summed E-state index contributed by atoms with van der Waals surface area (Å²) in [5, 5.41) is 16.8. The maximum Gasteiger partial charge on any atom is 0.225 e. The summed E-state index contributed by atoms with van der Waals surface area (Å²) in [7, 11) is 3.24. The lowest BCUT2D eigenvalue weighted by atomic mass is 9.83. The number of piperidine rings is 1. The highest BCUT2D eigenvalue weighted by Crippen LogP contribution is 2.44. The van der Waals surface area contributed by atoms with Gasteiger partial charge in [-0.1, -0.05) is 31.7 Å². The predicted octanol–water partition coefficient (Wildman–Crippen LogP) is 4.21. The number of methoxy groups -OCH3 is 2. The average molecular weight is 458 g/mol. The maximum absolute atomic E-state index is 13.3. The third kappa shape index (κ3) is 5.02. The maximum atomic E-state index is 13.3. The van der Waals surface area contributed by atoms with E-state index in [2.05, 4.69) is 16.7 Å². The third-order valence-corrected chi connectivity index (χ3v) is 8.72. The van der Waals surface area contributed by atoms with Crippen LogP contribution in [0, 0.1) is 23.2 Å². The van der Waals surface area contributed by atoms with Crippen molar-refractivity contribution in [1.82, 2.24) is 10.6 Å². The summed E-state index contributed by atoms with van der Waals surface area (Å²) in [5.41, 5.74) is 1.05. The SMILES string of the molecule is COc1ccc(C2CSC(NC(=O)C3CCC4CCCCCCC3N4)C2C#N)cc1OC. The number of fused-ring (bicyclic) bond motifs is 2. The smallest absolute Gasteiger partial charge is 0.225 e. The summed E-state index contributed by atoms with van der Waals surface area (Å²) in [5.74, 6) is 2.05. The van der Waals surface area contributed by atoms with E-state index in [1.54, 1.807) is 26.0 Å². The van der Waals surface area contributed by atoms with Gasteiger partial charge in [0.1, 0.15) is 0 Å². The molecule has 0 radical (unpaired) electrons. The molecule has 0 spiro atoms. The number of hydrogen-bond acceptors (Lipinski definition) is 6. The van der Waals surface area contributed by atoms with E-state index in [0.717, 1.165) is 30.6 Å². The average Bonchev–Trinajstić information content (AvgIpc) is 3.25. The molecule has 1 aromatic carbocycles. The van der Waals surface area contributed by atoms with Gasteiger partial charge >= 0.3 is 0 Å². The van der Waals surface area contributed by atoms with E-state index in [1.807, 2.05) is 18.2 Å². The van der Waals surface area contributed by atoms with Gasteiger partial charge in [0, 0.05) is 23.8 Å². The summed E-state index contributed by atoms with van der Waals surface area (Å²) >= 11 is 1.68. The van der Waals surface area contributed by atoms with Gasteiger partial charge in [-0.05, 0) is 43.4 Å². The van der Waals surface area contributed by atoms with Crippen LogP contribution in [-0.2, 0) is 4.79 Å². The quantitative estimate of drug-likeness (QED) is 0.689. The lowest BCUT2D eigenvalue weighted by molar-refractivity contribution is -0.127. The van der Waals surface area contributed by atoms with Crippen LogP contribution in [0.15, 0.2) is 18.2 Å². The molecule has 1 aromatic rings. The Bertz CT molecular complexity index is 842. The normalized spacial score (nSPS) is 32.7. The molecular weight excluding hydrogens is 422 g/mol. The van der Waals surface area contributed by atoms with Gasteiger partial charge in [0.25, 0.3) is 0 Å². The standard InChI is InChI=1S/C25H35N3O3S/c1-30-22-12-9-16(13-23(22)31-2)20-15-32-25(19(20)14-26)28-24(29)18-11-10-17-7-5-3-4-6-8-21(18)27-17/h9,12-13,17-21,25,27H,3-8,10-11,15H2,1-2H3,(H,28,29). The highest BCUT2D eigenvalue weighted by Gasteiger charge is 2.41. The van der Waals surface area contributed by atoms with Crippen LogP contribution in [0.3, 0.4) is 0 Å². The van der Waals surface area contributed by atoms with Crippen molar-refractivity contribution >= 4 is 17.7 Å². The Morgan fingerprint density at radius 1 is 1.09 bits per heavy atom. The minimum absolute atomic E-state index is 0.00410. The van der Waals surface area contributed by atoms with E-state index in [1.165, 1.54) is 32.1 Å². The van der Waals surface area contributed by atoms with Crippen molar-refractivity contribution in [3.05, 3.63) is 23.8 Å². The third-order valence-electron chi connectivity index (χ3n) is 7.40. The first-order chi connectivity index (χ1) is 15.6. The first-order valence-corrected chi connectivity index (χ1v) is 13.0. The number of carbonyl (C=O) groups is 1. The van der Waals surface area contributed by atoms with Crippen LogP contribution in [0.2, 0.25) is 0 Å². The minimum Gasteiger partial charge on any atom is -0.493 e. The van der Waals surface area contributed by atoms with E-state index in [9.17, 15) is 10.1 Å². The second-order valence-electron chi connectivity index (χ2n) is 9.28. The van der Waals surface area contributed by atoms with Crippen molar-refractivity contribution in [3.8, 4) is 17.6 Å². The largest absolute Gasteiger partial charge is 0.493 e. The number of nitrogens with one attached hydrogen (secondary N) is 2. The van der Waals surface area contributed by atoms with Crippen LogP contribution >= 0.6 is 11.8 Å². The molecule has 3 heterocycles. The van der Waals surface area contributed by atoms with Gasteiger partial charge in [-0.15, -0.1) is 11.8 Å². The number of nitrogens with zero attached hydrogens (tertiary/aromatic N) is 1. The van der Waals surface area contributed by atoms with Gasteiger partial charge in [-0.3, -0.25) is 4.79 Å². The molecule has 2 N–H and O–H groups in total. The lowest BCUT2D eigenvalue weighted by Gasteiger charge is -2.37. The summed E-state index contributed by atoms with van der Waals surface area (Å²) in [6.45, 7) is 0. The number of thioether (sulfide) groups is 1. The fourth-order valence-corrected chi connectivity index (χ4v) is 7.04. The van der Waals surface area contributed by atoms with Gasteiger partial charge < -0.3 is 20.1 Å². The molecule has 0 saturated carbocycles. The lowest BCUT2D eigenvalue weighted by Crippen LogP contribution is -2.53. The number of ether oxygens (including phenoxy) is 2. The molecule has 174 valence electrons. The van der Waals surface area contributed by atoms with Crippen molar-refractivity contribution in [2.75, 3.05) is 20.0 Å². The number of benzene rings is 1. The first kappa shape index (κ1) is 23.3. The fourth-order valence-electron chi connectivity index (χ4n) is 5.57. The Hall–Kier alpha value is -1.91. The van der Waals surface area contributed by atoms with Gasteiger partial charge in [0.2, 0.25) is 5.91 Å². The van der Waals surface area contributed by atoms with Crippen LogP contribution in [0.4, 0.5) is 0 Å². The molecule has 1 amide bonds. The predicted molar refractivity (Wildman–Crippen MR) is 127 cm³/mol. The Balaban J connectivity index is 1.43. The molecule has 0 aliphatic carbocycles. The van der Waals surface area contributed by atoms with Crippen LogP contribution in [0.1, 0.15) is 62.8 Å². The fraction of sp³-hybridized carbons (Fsp3) is 0.680. The van der Waals surface area contributed by atoms with Crippen LogP contribution < -0.4 is 20.1 Å².